The van der Waals surface area contributed by atoms with E-state index in [0.29, 0.717) is 12.5 Å². The van der Waals surface area contributed by atoms with Gasteiger partial charge in [0.15, 0.2) is 0 Å². The summed E-state index contributed by atoms with van der Waals surface area (Å²) >= 11 is 0. The van der Waals surface area contributed by atoms with E-state index in [1.165, 1.54) is 12.8 Å². The zero-order valence-electron chi connectivity index (χ0n) is 11.8. The second-order valence-corrected chi connectivity index (χ2v) is 5.26. The van der Waals surface area contributed by atoms with Crippen molar-refractivity contribution >= 4 is 0 Å². The molecule has 19 heavy (non-hydrogen) atoms. The molecule has 0 unspecified atom stereocenters. The fourth-order valence-corrected chi connectivity index (χ4v) is 2.70. The summed E-state index contributed by atoms with van der Waals surface area (Å²) in [6.45, 7) is 5.06. The van der Waals surface area contributed by atoms with Gasteiger partial charge in [-0.3, -0.25) is 4.90 Å². The maximum Gasteiger partial charge on any atom is 0.122 e. The molecule has 0 aromatic carbocycles. The van der Waals surface area contributed by atoms with Crippen molar-refractivity contribution in [2.75, 3.05) is 33.4 Å². The standard InChI is InChI=1S/C14H25N3O2/c1-19-11-9-17-8-5-15-14(17)12-16-6-2-13(3-7-16)4-10-18/h5,8,13,18H,2-4,6-7,9-12H2,1H3. The van der Waals surface area contributed by atoms with E-state index in [1.54, 1.807) is 7.11 Å². The molecule has 0 bridgehead atoms. The molecule has 0 atom stereocenters. The van der Waals surface area contributed by atoms with Gasteiger partial charge in [0.25, 0.3) is 0 Å². The number of hydrogen-bond acceptors (Lipinski definition) is 4. The topological polar surface area (TPSA) is 50.5 Å². The van der Waals surface area contributed by atoms with E-state index in [1.807, 2.05) is 12.4 Å². The Kier molecular flexibility index (Phi) is 5.82. The molecule has 1 aromatic heterocycles. The van der Waals surface area contributed by atoms with Crippen LogP contribution in [0.2, 0.25) is 0 Å². The number of ether oxygens (including phenoxy) is 1. The van der Waals surface area contributed by atoms with Gasteiger partial charge in [0.2, 0.25) is 0 Å². The second kappa shape index (κ2) is 7.62. The quantitative estimate of drug-likeness (QED) is 0.804. The third kappa shape index (κ3) is 4.30. The van der Waals surface area contributed by atoms with Crippen LogP contribution in [0.3, 0.4) is 0 Å². The van der Waals surface area contributed by atoms with Crippen molar-refractivity contribution in [2.45, 2.75) is 32.4 Å². The minimum Gasteiger partial charge on any atom is -0.396 e. The van der Waals surface area contributed by atoms with Gasteiger partial charge in [-0.05, 0) is 38.3 Å². The molecule has 0 amide bonds. The summed E-state index contributed by atoms with van der Waals surface area (Å²) in [5, 5.41) is 8.97. The lowest BCUT2D eigenvalue weighted by molar-refractivity contribution is 0.147. The number of hydrogen-bond donors (Lipinski definition) is 1. The Balaban J connectivity index is 1.80. The second-order valence-electron chi connectivity index (χ2n) is 5.26. The molecule has 0 spiro atoms. The molecular weight excluding hydrogens is 242 g/mol. The molecule has 5 heteroatoms. The van der Waals surface area contributed by atoms with E-state index in [0.717, 1.165) is 45.0 Å². The van der Waals surface area contributed by atoms with E-state index in [2.05, 4.69) is 14.5 Å². The van der Waals surface area contributed by atoms with Crippen molar-refractivity contribution in [1.29, 1.82) is 0 Å². The number of aliphatic hydroxyl groups is 1. The Morgan fingerprint density at radius 3 is 2.89 bits per heavy atom. The van der Waals surface area contributed by atoms with Crippen molar-refractivity contribution in [3.63, 3.8) is 0 Å². The largest absolute Gasteiger partial charge is 0.396 e. The van der Waals surface area contributed by atoms with Gasteiger partial charge in [-0.2, -0.15) is 0 Å². The third-order valence-corrected chi connectivity index (χ3v) is 3.95. The molecule has 1 aliphatic heterocycles. The van der Waals surface area contributed by atoms with Gasteiger partial charge in [0.05, 0.1) is 13.2 Å². The van der Waals surface area contributed by atoms with Gasteiger partial charge in [-0.15, -0.1) is 0 Å². The first-order chi connectivity index (χ1) is 9.33. The highest BCUT2D eigenvalue weighted by Crippen LogP contribution is 2.21. The number of rotatable bonds is 7. The number of likely N-dealkylation sites (tertiary alicyclic amines) is 1. The molecule has 0 saturated carbocycles. The van der Waals surface area contributed by atoms with Crippen LogP contribution in [0.25, 0.3) is 0 Å². The predicted molar refractivity (Wildman–Crippen MR) is 73.8 cm³/mol. The summed E-state index contributed by atoms with van der Waals surface area (Å²) in [6.07, 6.45) is 7.23. The lowest BCUT2D eigenvalue weighted by Crippen LogP contribution is -2.34. The Morgan fingerprint density at radius 2 is 2.21 bits per heavy atom. The molecule has 1 aromatic rings. The molecule has 0 radical (unpaired) electrons. The highest BCUT2D eigenvalue weighted by atomic mass is 16.5. The van der Waals surface area contributed by atoms with E-state index in [-0.39, 0.29) is 0 Å². The highest BCUT2D eigenvalue weighted by Gasteiger charge is 2.19. The van der Waals surface area contributed by atoms with Gasteiger partial charge < -0.3 is 14.4 Å². The monoisotopic (exact) mass is 267 g/mol. The first-order valence-corrected chi connectivity index (χ1v) is 7.15. The first-order valence-electron chi connectivity index (χ1n) is 7.15. The van der Waals surface area contributed by atoms with Crippen LogP contribution in [-0.4, -0.2) is 53.0 Å². The number of piperidine rings is 1. The van der Waals surface area contributed by atoms with Crippen molar-refractivity contribution in [1.82, 2.24) is 14.5 Å². The Bertz CT molecular complexity index is 359. The van der Waals surface area contributed by atoms with Crippen LogP contribution in [0.4, 0.5) is 0 Å². The van der Waals surface area contributed by atoms with E-state index in [9.17, 15) is 0 Å². The first kappa shape index (κ1) is 14.5. The van der Waals surface area contributed by atoms with Crippen molar-refractivity contribution in [2.24, 2.45) is 5.92 Å². The van der Waals surface area contributed by atoms with Gasteiger partial charge in [0, 0.05) is 32.7 Å². The average molecular weight is 267 g/mol. The number of aliphatic hydroxyl groups excluding tert-OH is 1. The molecule has 2 heterocycles. The fraction of sp³-hybridized carbons (Fsp3) is 0.786. The number of imidazole rings is 1. The van der Waals surface area contributed by atoms with E-state index >= 15 is 0 Å². The molecule has 0 aliphatic carbocycles. The molecule has 5 nitrogen and oxygen atoms in total. The lowest BCUT2D eigenvalue weighted by atomic mass is 9.94. The summed E-state index contributed by atoms with van der Waals surface area (Å²) in [5.74, 6) is 1.83. The summed E-state index contributed by atoms with van der Waals surface area (Å²) in [7, 11) is 1.72. The molecule has 1 saturated heterocycles. The fourth-order valence-electron chi connectivity index (χ4n) is 2.70. The molecule has 1 N–H and O–H groups in total. The smallest absolute Gasteiger partial charge is 0.122 e. The van der Waals surface area contributed by atoms with Crippen LogP contribution >= 0.6 is 0 Å². The Labute approximate surface area is 115 Å². The van der Waals surface area contributed by atoms with E-state index < -0.39 is 0 Å². The highest BCUT2D eigenvalue weighted by molar-refractivity contribution is 4.93. The zero-order chi connectivity index (χ0) is 13.5. The summed E-state index contributed by atoms with van der Waals surface area (Å²) in [6, 6.07) is 0. The SMILES string of the molecule is COCCn1ccnc1CN1CCC(CCO)CC1. The Morgan fingerprint density at radius 1 is 1.42 bits per heavy atom. The van der Waals surface area contributed by atoms with Crippen LogP contribution in [-0.2, 0) is 17.8 Å². The molecule has 2 rings (SSSR count). The van der Waals surface area contributed by atoms with Crippen LogP contribution in [0, 0.1) is 5.92 Å². The van der Waals surface area contributed by atoms with Gasteiger partial charge in [-0.25, -0.2) is 4.98 Å². The minimum absolute atomic E-state index is 0.325. The third-order valence-electron chi connectivity index (χ3n) is 3.95. The summed E-state index contributed by atoms with van der Waals surface area (Å²) in [4.78, 5) is 6.90. The zero-order valence-corrected chi connectivity index (χ0v) is 11.8. The van der Waals surface area contributed by atoms with Crippen LogP contribution in [0.1, 0.15) is 25.1 Å². The van der Waals surface area contributed by atoms with Crippen LogP contribution < -0.4 is 0 Å². The number of aromatic nitrogens is 2. The average Bonchev–Trinajstić information content (AvgIpc) is 2.86. The molecular formula is C14H25N3O2. The summed E-state index contributed by atoms with van der Waals surface area (Å²) in [5.41, 5.74) is 0. The number of nitrogens with zero attached hydrogens (tertiary/aromatic N) is 3. The maximum atomic E-state index is 8.97. The number of methoxy groups -OCH3 is 1. The van der Waals surface area contributed by atoms with Gasteiger partial charge in [0.1, 0.15) is 5.82 Å². The molecule has 108 valence electrons. The van der Waals surface area contributed by atoms with Crippen LogP contribution in [0.15, 0.2) is 12.4 Å². The molecule has 1 fully saturated rings. The van der Waals surface area contributed by atoms with Crippen LogP contribution in [0.5, 0.6) is 0 Å². The summed E-state index contributed by atoms with van der Waals surface area (Å²) < 4.78 is 7.29. The van der Waals surface area contributed by atoms with Crippen molar-refractivity contribution < 1.29 is 9.84 Å². The predicted octanol–water partition coefficient (Wildman–Crippen LogP) is 1.12. The normalized spacial score (nSPS) is 18.0. The van der Waals surface area contributed by atoms with Gasteiger partial charge in [-0.1, -0.05) is 0 Å². The van der Waals surface area contributed by atoms with Crippen molar-refractivity contribution in [3.05, 3.63) is 18.2 Å². The van der Waals surface area contributed by atoms with E-state index in [4.69, 9.17) is 9.84 Å². The van der Waals surface area contributed by atoms with Crippen molar-refractivity contribution in [3.8, 4) is 0 Å². The molecule has 1 aliphatic rings. The minimum atomic E-state index is 0.325. The maximum absolute atomic E-state index is 8.97. The Hall–Kier alpha value is -0.910. The lowest BCUT2D eigenvalue weighted by Gasteiger charge is -2.31. The van der Waals surface area contributed by atoms with Gasteiger partial charge >= 0.3 is 0 Å².